The number of nitrogens with one attached hydrogen (secondary N) is 1. The lowest BCUT2D eigenvalue weighted by atomic mass is 10.2. The monoisotopic (exact) mass is 809 g/mol. The van der Waals surface area contributed by atoms with Gasteiger partial charge in [-0.05, 0) is 24.3 Å². The van der Waals surface area contributed by atoms with Gasteiger partial charge >= 0.3 is 5.97 Å². The van der Waals surface area contributed by atoms with E-state index >= 15 is 0 Å². The second kappa shape index (κ2) is 41.7. The summed E-state index contributed by atoms with van der Waals surface area (Å²) < 4.78 is 75.6. The zero-order chi connectivity index (χ0) is 40.3. The van der Waals surface area contributed by atoms with Crippen LogP contribution >= 0.6 is 0 Å². The minimum Gasteiger partial charge on any atom is -0.491 e. The zero-order valence-electron chi connectivity index (χ0n) is 32.6. The van der Waals surface area contributed by atoms with Crippen LogP contribution in [0.3, 0.4) is 0 Å². The fraction of sp³-hybridized carbons (Fsp3) is 0.757. The van der Waals surface area contributed by atoms with E-state index < -0.39 is 18.5 Å². The number of aldehydes is 1. The predicted molar refractivity (Wildman–Crippen MR) is 199 cm³/mol. The number of ether oxygens (including phenoxy) is 14. The van der Waals surface area contributed by atoms with E-state index in [1.54, 1.807) is 24.3 Å². The van der Waals surface area contributed by atoms with E-state index in [1.807, 2.05) is 0 Å². The lowest BCUT2D eigenvalue weighted by Gasteiger charge is -2.09. The predicted octanol–water partition coefficient (Wildman–Crippen LogP) is 0.295. The quantitative estimate of drug-likeness (QED) is 0.0670. The molecule has 0 bridgehead atoms. The van der Waals surface area contributed by atoms with Crippen LogP contribution in [-0.2, 0) is 71.2 Å². The van der Waals surface area contributed by atoms with Crippen molar-refractivity contribution in [3.8, 4) is 5.75 Å². The van der Waals surface area contributed by atoms with Crippen LogP contribution in [0.5, 0.6) is 5.75 Å². The van der Waals surface area contributed by atoms with Gasteiger partial charge in [0, 0.05) is 12.1 Å². The number of hydrogen-bond acceptors (Lipinski definition) is 17. The molecule has 56 heavy (non-hydrogen) atoms. The van der Waals surface area contributed by atoms with Gasteiger partial charge in [0.1, 0.15) is 31.9 Å². The molecule has 0 fully saturated rings. The molecule has 0 saturated heterocycles. The maximum Gasteiger partial charge on any atom is 0.329 e. The van der Waals surface area contributed by atoms with Crippen molar-refractivity contribution >= 4 is 18.2 Å². The van der Waals surface area contributed by atoms with E-state index in [4.69, 9.17) is 66.7 Å². The minimum atomic E-state index is -1.13. The third-order valence-electron chi connectivity index (χ3n) is 6.63. The Bertz CT molecular complexity index is 1020. The third-order valence-corrected chi connectivity index (χ3v) is 6.63. The smallest absolute Gasteiger partial charge is 0.329 e. The topological polar surface area (TPSA) is 213 Å². The number of amides is 1. The van der Waals surface area contributed by atoms with E-state index in [1.165, 1.54) is 0 Å². The highest BCUT2D eigenvalue weighted by molar-refractivity contribution is 5.77. The molecule has 1 rings (SSSR count). The standard InChI is InChI=1S/C37H63NO18/c39-31-34-1-3-35(4-2-34)56-30-29-54-28-27-53-26-25-52-24-23-51-22-21-50-20-19-49-18-17-48-16-15-47-14-13-46-12-11-45-10-9-44-8-7-43-6-5-38-36(40)32-55-33-37(41)42/h1-4,31H,5-30,32-33H2,(H,38,40)(H,41,42). The molecule has 2 N–H and O–H groups in total. The van der Waals surface area contributed by atoms with Crippen LogP contribution in [0.2, 0.25) is 0 Å². The van der Waals surface area contributed by atoms with Crippen molar-refractivity contribution in [3.05, 3.63) is 29.8 Å². The first kappa shape index (κ1) is 51.1. The van der Waals surface area contributed by atoms with Crippen molar-refractivity contribution in [1.29, 1.82) is 0 Å². The summed E-state index contributed by atoms with van der Waals surface area (Å²) >= 11 is 0. The maximum absolute atomic E-state index is 11.4. The second-order valence-electron chi connectivity index (χ2n) is 11.1. The van der Waals surface area contributed by atoms with Gasteiger partial charge in [0.2, 0.25) is 5.91 Å². The van der Waals surface area contributed by atoms with Crippen LogP contribution in [0, 0.1) is 0 Å². The molecule has 0 aliphatic rings. The van der Waals surface area contributed by atoms with Crippen molar-refractivity contribution in [2.45, 2.75) is 0 Å². The molecule has 0 heterocycles. The first-order valence-electron chi connectivity index (χ1n) is 18.8. The van der Waals surface area contributed by atoms with Gasteiger partial charge in [-0.3, -0.25) is 9.59 Å². The molecule has 0 saturated carbocycles. The normalized spacial score (nSPS) is 11.2. The van der Waals surface area contributed by atoms with Crippen LogP contribution in [0.15, 0.2) is 24.3 Å². The van der Waals surface area contributed by atoms with E-state index in [0.29, 0.717) is 183 Å². The van der Waals surface area contributed by atoms with Crippen molar-refractivity contribution in [2.24, 2.45) is 0 Å². The summed E-state index contributed by atoms with van der Waals surface area (Å²) in [4.78, 5) is 32.3. The SMILES string of the molecule is O=Cc1ccc(OCCOCCOCCOCCOCCOCCOCCOCCOCCOCCOCCOCCOCCNC(=O)COCC(=O)O)cc1. The Balaban J connectivity index is 1.63. The lowest BCUT2D eigenvalue weighted by molar-refractivity contribution is -0.143. The largest absolute Gasteiger partial charge is 0.491 e. The Morgan fingerprint density at radius 3 is 1.04 bits per heavy atom. The number of carbonyl (C=O) groups excluding carboxylic acids is 2. The Labute approximate surface area is 329 Å². The van der Waals surface area contributed by atoms with Crippen molar-refractivity contribution in [1.82, 2.24) is 5.32 Å². The molecule has 19 heteroatoms. The summed E-state index contributed by atoms with van der Waals surface area (Å²) in [5, 5.41) is 11.0. The molecule has 19 nitrogen and oxygen atoms in total. The fourth-order valence-corrected chi connectivity index (χ4v) is 3.93. The number of rotatable bonds is 45. The fourth-order valence-electron chi connectivity index (χ4n) is 3.93. The lowest BCUT2D eigenvalue weighted by Crippen LogP contribution is -2.31. The molecule has 1 amide bonds. The molecule has 0 aromatic heterocycles. The number of carboxylic acids is 1. The molecule has 0 atom stereocenters. The number of carbonyl (C=O) groups is 3. The number of benzene rings is 1. The molecule has 1 aromatic carbocycles. The van der Waals surface area contributed by atoms with E-state index in [-0.39, 0.29) is 6.61 Å². The van der Waals surface area contributed by atoms with Crippen LogP contribution in [-0.4, -0.2) is 208 Å². The Morgan fingerprint density at radius 2 is 0.732 bits per heavy atom. The van der Waals surface area contributed by atoms with Gasteiger partial charge < -0.3 is 76.7 Å². The van der Waals surface area contributed by atoms with Gasteiger partial charge in [-0.2, -0.15) is 0 Å². The van der Waals surface area contributed by atoms with Crippen molar-refractivity contribution in [3.63, 3.8) is 0 Å². The molecule has 0 spiro atoms. The molecule has 0 radical (unpaired) electrons. The average molecular weight is 810 g/mol. The minimum absolute atomic E-state index is 0.295. The molecular formula is C37H63NO18. The summed E-state index contributed by atoms with van der Waals surface area (Å²) in [5.41, 5.74) is 0.610. The molecule has 0 aliphatic heterocycles. The number of carboxylic acid groups (broad SMARTS) is 1. The van der Waals surface area contributed by atoms with Gasteiger partial charge in [-0.1, -0.05) is 0 Å². The van der Waals surface area contributed by atoms with Crippen molar-refractivity contribution < 1.29 is 85.8 Å². The number of hydrogen-bond donors (Lipinski definition) is 2. The van der Waals surface area contributed by atoms with Crippen LogP contribution < -0.4 is 10.1 Å². The first-order valence-corrected chi connectivity index (χ1v) is 18.8. The molecular weight excluding hydrogens is 746 g/mol. The highest BCUT2D eigenvalue weighted by Crippen LogP contribution is 2.10. The molecule has 1 aromatic rings. The number of aliphatic carboxylic acids is 1. The highest BCUT2D eigenvalue weighted by atomic mass is 16.6. The third kappa shape index (κ3) is 38.0. The summed E-state index contributed by atoms with van der Waals surface area (Å²) in [6, 6.07) is 6.91. The summed E-state index contributed by atoms with van der Waals surface area (Å²) in [5.74, 6) is -0.834. The van der Waals surface area contributed by atoms with Gasteiger partial charge in [0.25, 0.3) is 0 Å². The zero-order valence-corrected chi connectivity index (χ0v) is 32.6. The van der Waals surface area contributed by atoms with Gasteiger partial charge in [0.15, 0.2) is 0 Å². The van der Waals surface area contributed by atoms with Gasteiger partial charge in [0.05, 0.1) is 159 Å². The van der Waals surface area contributed by atoms with Crippen LogP contribution in [0.4, 0.5) is 0 Å². The van der Waals surface area contributed by atoms with Crippen LogP contribution in [0.1, 0.15) is 10.4 Å². The van der Waals surface area contributed by atoms with Crippen LogP contribution in [0.25, 0.3) is 0 Å². The highest BCUT2D eigenvalue weighted by Gasteiger charge is 2.03. The maximum atomic E-state index is 11.4. The Morgan fingerprint density at radius 1 is 0.429 bits per heavy atom. The van der Waals surface area contributed by atoms with E-state index in [2.05, 4.69) is 10.1 Å². The molecule has 324 valence electrons. The Hall–Kier alpha value is -2.89. The molecule has 0 unspecified atom stereocenters. The summed E-state index contributed by atoms with van der Waals surface area (Å²) in [6.45, 7) is 10.8. The van der Waals surface area contributed by atoms with E-state index in [0.717, 1.165) is 6.29 Å². The summed E-state index contributed by atoms with van der Waals surface area (Å²) in [6.07, 6.45) is 0.792. The van der Waals surface area contributed by atoms with Gasteiger partial charge in [-0.25, -0.2) is 4.79 Å². The van der Waals surface area contributed by atoms with Gasteiger partial charge in [-0.15, -0.1) is 0 Å². The Kier molecular flexibility index (Phi) is 38.1. The molecule has 0 aliphatic carbocycles. The van der Waals surface area contributed by atoms with E-state index in [9.17, 15) is 14.4 Å². The average Bonchev–Trinajstić information content (AvgIpc) is 3.20. The summed E-state index contributed by atoms with van der Waals surface area (Å²) in [7, 11) is 0. The van der Waals surface area contributed by atoms with Crippen molar-refractivity contribution in [2.75, 3.05) is 185 Å². The second-order valence-corrected chi connectivity index (χ2v) is 11.1. The first-order chi connectivity index (χ1) is 27.6.